The van der Waals surface area contributed by atoms with Gasteiger partial charge in [0.1, 0.15) is 25.9 Å². The van der Waals surface area contributed by atoms with Crippen molar-refractivity contribution >= 4 is 85.7 Å². The molecule has 1 unspecified atom stereocenters. The molecule has 1 aromatic carbocycles. The smallest absolute Gasteiger partial charge is 0.339 e. The molecule has 1 fully saturated rings. The van der Waals surface area contributed by atoms with Gasteiger partial charge < -0.3 is 18.9 Å². The van der Waals surface area contributed by atoms with Crippen molar-refractivity contribution in [3.63, 3.8) is 0 Å². The Kier molecular flexibility index (Phi) is 10.5. The number of halogens is 3. The average Bonchev–Trinajstić information content (AvgIpc) is 3.54. The zero-order chi connectivity index (χ0) is 24.1. The third kappa shape index (κ3) is 8.53. The zero-order valence-electron chi connectivity index (χ0n) is 18.5. The van der Waals surface area contributed by atoms with Crippen LogP contribution >= 0.6 is 67.8 Å². The van der Waals surface area contributed by atoms with Crippen molar-refractivity contribution in [2.24, 2.45) is 10.8 Å². The molecular weight excluding hydrogens is 757 g/mol. The summed E-state index contributed by atoms with van der Waals surface area (Å²) in [6, 6.07) is 3.75. The first-order valence-electron chi connectivity index (χ1n) is 10.1. The highest BCUT2D eigenvalue weighted by Gasteiger charge is 2.37. The summed E-state index contributed by atoms with van der Waals surface area (Å²) in [4.78, 5) is 37.2. The van der Waals surface area contributed by atoms with Crippen molar-refractivity contribution in [3.8, 4) is 0 Å². The van der Waals surface area contributed by atoms with Crippen LogP contribution in [0.4, 0.5) is 0 Å². The van der Waals surface area contributed by atoms with Gasteiger partial charge >= 0.3 is 17.9 Å². The number of benzene rings is 1. The third-order valence-corrected chi connectivity index (χ3v) is 8.71. The Balaban J connectivity index is 1.76. The highest BCUT2D eigenvalue weighted by Crippen LogP contribution is 2.33. The van der Waals surface area contributed by atoms with E-state index >= 15 is 0 Å². The Bertz CT molecular complexity index is 863. The first kappa shape index (κ1) is 28.0. The molecule has 0 saturated carbocycles. The Labute approximate surface area is 229 Å². The van der Waals surface area contributed by atoms with Gasteiger partial charge in [-0.2, -0.15) is 0 Å². The monoisotopic (exact) mass is 784 g/mol. The van der Waals surface area contributed by atoms with Gasteiger partial charge in [-0.1, -0.05) is 0 Å². The van der Waals surface area contributed by atoms with Crippen LogP contribution in [-0.4, -0.2) is 50.4 Å². The van der Waals surface area contributed by atoms with Crippen LogP contribution in [0, 0.1) is 21.5 Å². The molecule has 1 aromatic rings. The molecule has 0 amide bonds. The molecule has 0 N–H and O–H groups in total. The van der Waals surface area contributed by atoms with E-state index in [2.05, 4.69) is 67.8 Å². The molecule has 10 heteroatoms. The van der Waals surface area contributed by atoms with Crippen LogP contribution in [0.3, 0.4) is 0 Å². The number of ether oxygens (including phenoxy) is 4. The number of carbonyl (C=O) groups is 3. The van der Waals surface area contributed by atoms with E-state index in [0.717, 1.165) is 10.7 Å². The van der Waals surface area contributed by atoms with Crippen LogP contribution in [0.5, 0.6) is 0 Å². The molecule has 0 radical (unpaired) electrons. The minimum atomic E-state index is -0.789. The van der Waals surface area contributed by atoms with Crippen molar-refractivity contribution in [1.82, 2.24) is 0 Å². The largest absolute Gasteiger partial charge is 0.462 e. The lowest BCUT2D eigenvalue weighted by Crippen LogP contribution is -2.33. The van der Waals surface area contributed by atoms with Gasteiger partial charge in [0.2, 0.25) is 0 Å². The Morgan fingerprint density at radius 2 is 1.47 bits per heavy atom. The van der Waals surface area contributed by atoms with Crippen molar-refractivity contribution < 1.29 is 33.3 Å². The normalized spacial score (nSPS) is 15.8. The lowest BCUT2D eigenvalue weighted by Gasteiger charge is -2.28. The second-order valence-electron chi connectivity index (χ2n) is 8.84. The van der Waals surface area contributed by atoms with E-state index in [1.54, 1.807) is 33.8 Å². The number of epoxide rings is 1. The van der Waals surface area contributed by atoms with Crippen molar-refractivity contribution in [2.75, 3.05) is 26.4 Å². The first-order chi connectivity index (χ1) is 14.8. The summed E-state index contributed by atoms with van der Waals surface area (Å²) in [5, 5.41) is 0. The fraction of sp³-hybridized carbons (Fsp3) is 0.591. The first-order valence-corrected chi connectivity index (χ1v) is 13.3. The Morgan fingerprint density at radius 1 is 0.938 bits per heavy atom. The number of carbonyl (C=O) groups excluding carboxylic acids is 3. The van der Waals surface area contributed by atoms with Crippen LogP contribution in [0.1, 0.15) is 50.9 Å². The van der Waals surface area contributed by atoms with E-state index in [4.69, 9.17) is 18.9 Å². The van der Waals surface area contributed by atoms with Gasteiger partial charge in [-0.25, -0.2) is 4.79 Å². The predicted molar refractivity (Wildman–Crippen MR) is 143 cm³/mol. The SMILES string of the molecule is CC(C)(CCC(C)(C)C(=O)OCC1CO1)C(=O)OCCOC(=O)c1cc(I)cc(I)c1I. The van der Waals surface area contributed by atoms with E-state index in [-0.39, 0.29) is 31.9 Å². The highest BCUT2D eigenvalue weighted by atomic mass is 127. The molecule has 7 nitrogen and oxygen atoms in total. The average molecular weight is 784 g/mol. The summed E-state index contributed by atoms with van der Waals surface area (Å²) in [7, 11) is 0. The number of rotatable bonds is 11. The standard InChI is InChI=1S/C22H27I3O7/c1-21(2,5-6-22(3,4)20(28)32-12-14-11-31-14)19(27)30-8-7-29-18(26)15-9-13(23)10-16(24)17(15)25/h9-10,14H,5-8,11-12H2,1-4H3. The van der Waals surface area contributed by atoms with Crippen LogP contribution < -0.4 is 0 Å². The highest BCUT2D eigenvalue weighted by molar-refractivity contribution is 14.1. The van der Waals surface area contributed by atoms with Gasteiger partial charge in [-0.15, -0.1) is 0 Å². The van der Waals surface area contributed by atoms with Crippen LogP contribution in [-0.2, 0) is 28.5 Å². The van der Waals surface area contributed by atoms with Gasteiger partial charge in [0.05, 0.1) is 23.0 Å². The van der Waals surface area contributed by atoms with E-state index < -0.39 is 22.8 Å². The predicted octanol–water partition coefficient (Wildman–Crippen LogP) is 4.98. The van der Waals surface area contributed by atoms with Gasteiger partial charge in [0, 0.05) is 10.7 Å². The maximum Gasteiger partial charge on any atom is 0.339 e. The summed E-state index contributed by atoms with van der Waals surface area (Å²) < 4.78 is 23.7. The van der Waals surface area contributed by atoms with Gasteiger partial charge in [-0.05, 0) is 120 Å². The van der Waals surface area contributed by atoms with Crippen LogP contribution in [0.2, 0.25) is 0 Å². The van der Waals surface area contributed by atoms with E-state index in [9.17, 15) is 14.4 Å². The van der Waals surface area contributed by atoms with Crippen LogP contribution in [0.25, 0.3) is 0 Å². The number of hydrogen-bond donors (Lipinski definition) is 0. The molecule has 1 aliphatic heterocycles. The molecule has 1 saturated heterocycles. The van der Waals surface area contributed by atoms with Crippen LogP contribution in [0.15, 0.2) is 12.1 Å². The van der Waals surface area contributed by atoms with E-state index in [1.807, 2.05) is 6.07 Å². The molecule has 0 bridgehead atoms. The van der Waals surface area contributed by atoms with Gasteiger partial charge in [0.25, 0.3) is 0 Å². The fourth-order valence-corrected chi connectivity index (χ4v) is 4.98. The van der Waals surface area contributed by atoms with Gasteiger partial charge in [-0.3, -0.25) is 9.59 Å². The molecular formula is C22H27I3O7. The maximum atomic E-state index is 12.5. The molecule has 32 heavy (non-hydrogen) atoms. The van der Waals surface area contributed by atoms with E-state index in [1.165, 1.54) is 0 Å². The lowest BCUT2D eigenvalue weighted by atomic mass is 9.79. The molecule has 1 atom stereocenters. The Hall–Kier alpha value is -0.220. The third-order valence-electron chi connectivity index (χ3n) is 5.05. The molecule has 1 aliphatic rings. The molecule has 1 heterocycles. The van der Waals surface area contributed by atoms with Crippen molar-refractivity contribution in [3.05, 3.63) is 28.4 Å². The molecule has 2 rings (SSSR count). The summed E-state index contributed by atoms with van der Waals surface area (Å²) >= 11 is 6.44. The number of hydrogen-bond acceptors (Lipinski definition) is 7. The summed E-state index contributed by atoms with van der Waals surface area (Å²) in [6.07, 6.45) is 0.943. The number of esters is 3. The van der Waals surface area contributed by atoms with E-state index in [0.29, 0.717) is 25.0 Å². The molecule has 0 spiro atoms. The second kappa shape index (κ2) is 12.0. The maximum absolute atomic E-state index is 12.5. The molecule has 0 aliphatic carbocycles. The quantitative estimate of drug-likeness (QED) is 0.0782. The second-order valence-corrected chi connectivity index (χ2v) is 12.3. The molecule has 0 aromatic heterocycles. The molecule has 178 valence electrons. The summed E-state index contributed by atoms with van der Waals surface area (Å²) in [5.41, 5.74) is -1.01. The zero-order valence-corrected chi connectivity index (χ0v) is 24.9. The lowest BCUT2D eigenvalue weighted by molar-refractivity contribution is -0.159. The summed E-state index contributed by atoms with van der Waals surface area (Å²) in [6.45, 7) is 8.00. The minimum Gasteiger partial charge on any atom is -0.462 e. The van der Waals surface area contributed by atoms with Gasteiger partial charge in [0.15, 0.2) is 0 Å². The fourth-order valence-electron chi connectivity index (χ4n) is 2.60. The summed E-state index contributed by atoms with van der Waals surface area (Å²) in [5.74, 6) is -1.15. The van der Waals surface area contributed by atoms with Crippen molar-refractivity contribution in [1.29, 1.82) is 0 Å². The topological polar surface area (TPSA) is 91.4 Å². The van der Waals surface area contributed by atoms with Crippen molar-refractivity contribution in [2.45, 2.75) is 46.6 Å². The minimum absolute atomic E-state index is 0.0212. The Morgan fingerprint density at radius 3 is 2.03 bits per heavy atom.